The minimum atomic E-state index is 0.378. The Morgan fingerprint density at radius 1 is 1.47 bits per heavy atom. The van der Waals surface area contributed by atoms with Crippen LogP contribution in [0.2, 0.25) is 0 Å². The number of nitriles is 1. The summed E-state index contributed by atoms with van der Waals surface area (Å²) in [5.41, 5.74) is 5.30. The van der Waals surface area contributed by atoms with Gasteiger partial charge in [0.15, 0.2) is 5.82 Å². The highest BCUT2D eigenvalue weighted by molar-refractivity contribution is 7.13. The number of hydrogen-bond acceptors (Lipinski definition) is 6. The number of hydrazine groups is 1. The molecule has 74 valence electrons. The molecule has 3 N–H and O–H groups in total. The third-order valence-electron chi connectivity index (χ3n) is 1.84. The lowest BCUT2D eigenvalue weighted by Crippen LogP contribution is -2.10. The number of pyridine rings is 1. The number of thiazole rings is 1. The van der Waals surface area contributed by atoms with E-state index in [2.05, 4.69) is 15.4 Å². The van der Waals surface area contributed by atoms with E-state index in [-0.39, 0.29) is 0 Å². The van der Waals surface area contributed by atoms with Crippen LogP contribution in [0, 0.1) is 11.3 Å². The maximum Gasteiger partial charge on any atom is 0.158 e. The Bertz CT molecular complexity index is 500. The van der Waals surface area contributed by atoms with E-state index in [9.17, 15) is 0 Å². The highest BCUT2D eigenvalue weighted by Gasteiger charge is 2.06. The Morgan fingerprint density at radius 2 is 2.33 bits per heavy atom. The predicted molar refractivity (Wildman–Crippen MR) is 57.9 cm³/mol. The van der Waals surface area contributed by atoms with Crippen LogP contribution in [-0.4, -0.2) is 9.97 Å². The van der Waals surface area contributed by atoms with Crippen molar-refractivity contribution in [3.8, 4) is 16.6 Å². The Balaban J connectivity index is 2.49. The van der Waals surface area contributed by atoms with Gasteiger partial charge < -0.3 is 5.43 Å². The molecule has 0 radical (unpaired) electrons. The fourth-order valence-corrected chi connectivity index (χ4v) is 1.73. The van der Waals surface area contributed by atoms with Gasteiger partial charge in [0.2, 0.25) is 0 Å². The van der Waals surface area contributed by atoms with Crippen molar-refractivity contribution in [1.29, 1.82) is 5.26 Å². The van der Waals surface area contributed by atoms with Crippen LogP contribution in [0.3, 0.4) is 0 Å². The van der Waals surface area contributed by atoms with Gasteiger partial charge in [-0.15, -0.1) is 11.3 Å². The number of nitrogens with two attached hydrogens (primary N) is 1. The number of nitrogens with zero attached hydrogens (tertiary/aromatic N) is 3. The maximum atomic E-state index is 8.78. The van der Waals surface area contributed by atoms with E-state index in [0.29, 0.717) is 11.4 Å². The SMILES string of the molecule is N#Cc1ccc(-c2cncs2)nc1NN. The first-order valence-corrected chi connectivity index (χ1v) is 4.99. The number of aromatic nitrogens is 2. The van der Waals surface area contributed by atoms with Gasteiger partial charge in [-0.3, -0.25) is 4.98 Å². The van der Waals surface area contributed by atoms with Crippen LogP contribution in [0.1, 0.15) is 5.56 Å². The van der Waals surface area contributed by atoms with Crippen molar-refractivity contribution in [2.75, 3.05) is 5.43 Å². The molecule has 0 aliphatic heterocycles. The average Bonchev–Trinajstić information content (AvgIpc) is 2.81. The second-order valence-electron chi connectivity index (χ2n) is 2.71. The fourth-order valence-electron chi connectivity index (χ4n) is 1.14. The molecular formula is C9H7N5S. The summed E-state index contributed by atoms with van der Waals surface area (Å²) < 4.78 is 0. The van der Waals surface area contributed by atoms with E-state index in [1.54, 1.807) is 23.8 Å². The summed E-state index contributed by atoms with van der Waals surface area (Å²) in [5, 5.41) is 8.78. The quantitative estimate of drug-likeness (QED) is 0.585. The van der Waals surface area contributed by atoms with Crippen molar-refractivity contribution in [2.24, 2.45) is 5.84 Å². The normalized spacial score (nSPS) is 9.60. The number of rotatable bonds is 2. The summed E-state index contributed by atoms with van der Waals surface area (Å²) in [4.78, 5) is 9.12. The molecule has 2 rings (SSSR count). The third kappa shape index (κ3) is 1.79. The molecule has 0 aromatic carbocycles. The van der Waals surface area contributed by atoms with Crippen LogP contribution in [-0.2, 0) is 0 Å². The molecule has 2 aromatic heterocycles. The highest BCUT2D eigenvalue weighted by atomic mass is 32.1. The predicted octanol–water partition coefficient (Wildman–Crippen LogP) is 1.36. The molecule has 15 heavy (non-hydrogen) atoms. The Hall–Kier alpha value is -1.97. The molecule has 0 bridgehead atoms. The Labute approximate surface area is 90.2 Å². The lowest BCUT2D eigenvalue weighted by molar-refractivity contribution is 1.22. The van der Waals surface area contributed by atoms with Crippen molar-refractivity contribution in [3.05, 3.63) is 29.4 Å². The zero-order valence-electron chi connectivity index (χ0n) is 7.64. The van der Waals surface area contributed by atoms with Crippen LogP contribution in [0.5, 0.6) is 0 Å². The molecule has 0 amide bonds. The summed E-state index contributed by atoms with van der Waals surface area (Å²) in [6.07, 6.45) is 1.72. The minimum absolute atomic E-state index is 0.378. The number of nitrogen functional groups attached to an aromatic ring is 1. The van der Waals surface area contributed by atoms with E-state index in [1.807, 2.05) is 6.07 Å². The van der Waals surface area contributed by atoms with Gasteiger partial charge in [-0.05, 0) is 12.1 Å². The molecule has 6 heteroatoms. The zero-order chi connectivity index (χ0) is 10.7. The van der Waals surface area contributed by atoms with Crippen molar-refractivity contribution in [1.82, 2.24) is 9.97 Å². The summed E-state index contributed by atoms with van der Waals surface area (Å²) in [5.74, 6) is 5.65. The molecule has 0 unspecified atom stereocenters. The first-order chi connectivity index (χ1) is 7.35. The molecule has 2 heterocycles. The van der Waals surface area contributed by atoms with Gasteiger partial charge in [-0.1, -0.05) is 0 Å². The lowest BCUT2D eigenvalue weighted by atomic mass is 10.2. The van der Waals surface area contributed by atoms with E-state index in [0.717, 1.165) is 10.6 Å². The first-order valence-electron chi connectivity index (χ1n) is 4.12. The maximum absolute atomic E-state index is 8.78. The van der Waals surface area contributed by atoms with E-state index in [4.69, 9.17) is 11.1 Å². The molecule has 0 saturated heterocycles. The van der Waals surface area contributed by atoms with Gasteiger partial charge in [-0.2, -0.15) is 5.26 Å². The van der Waals surface area contributed by atoms with Crippen molar-refractivity contribution >= 4 is 17.2 Å². The molecule has 0 saturated carbocycles. The number of hydrogen-bond donors (Lipinski definition) is 2. The standard InChI is InChI=1S/C9H7N5S/c10-3-6-1-2-7(13-9(6)14-11)8-4-12-5-15-8/h1-2,4-5H,11H2,(H,13,14). The molecule has 0 spiro atoms. The van der Waals surface area contributed by atoms with E-state index >= 15 is 0 Å². The van der Waals surface area contributed by atoms with Crippen LogP contribution < -0.4 is 11.3 Å². The summed E-state index contributed by atoms with van der Waals surface area (Å²) >= 11 is 1.48. The number of anilines is 1. The topological polar surface area (TPSA) is 87.6 Å². The lowest BCUT2D eigenvalue weighted by Gasteiger charge is -2.03. The van der Waals surface area contributed by atoms with Gasteiger partial charge in [0.05, 0.1) is 21.6 Å². The summed E-state index contributed by atoms with van der Waals surface area (Å²) in [7, 11) is 0. The molecule has 0 aliphatic carbocycles. The van der Waals surface area contributed by atoms with Crippen molar-refractivity contribution in [3.63, 3.8) is 0 Å². The van der Waals surface area contributed by atoms with Gasteiger partial charge in [0, 0.05) is 6.20 Å². The van der Waals surface area contributed by atoms with Gasteiger partial charge >= 0.3 is 0 Å². The fraction of sp³-hybridized carbons (Fsp3) is 0. The molecule has 2 aromatic rings. The van der Waals surface area contributed by atoms with Crippen LogP contribution in [0.4, 0.5) is 5.82 Å². The van der Waals surface area contributed by atoms with Crippen LogP contribution >= 0.6 is 11.3 Å². The molecule has 5 nitrogen and oxygen atoms in total. The smallest absolute Gasteiger partial charge is 0.158 e. The average molecular weight is 217 g/mol. The summed E-state index contributed by atoms with van der Waals surface area (Å²) in [6.45, 7) is 0. The van der Waals surface area contributed by atoms with Gasteiger partial charge in [-0.25, -0.2) is 10.8 Å². The van der Waals surface area contributed by atoms with Crippen molar-refractivity contribution < 1.29 is 0 Å². The third-order valence-corrected chi connectivity index (χ3v) is 2.63. The molecule has 0 fully saturated rings. The second-order valence-corrected chi connectivity index (χ2v) is 3.60. The minimum Gasteiger partial charge on any atom is -0.307 e. The highest BCUT2D eigenvalue weighted by Crippen LogP contribution is 2.23. The summed E-state index contributed by atoms with van der Waals surface area (Å²) in [6, 6.07) is 5.45. The monoisotopic (exact) mass is 217 g/mol. The van der Waals surface area contributed by atoms with Crippen LogP contribution in [0.25, 0.3) is 10.6 Å². The molecule has 0 atom stereocenters. The van der Waals surface area contributed by atoms with Crippen molar-refractivity contribution in [2.45, 2.75) is 0 Å². The molecular weight excluding hydrogens is 210 g/mol. The van der Waals surface area contributed by atoms with Crippen LogP contribution in [0.15, 0.2) is 23.8 Å². The van der Waals surface area contributed by atoms with Gasteiger partial charge in [0.1, 0.15) is 6.07 Å². The Morgan fingerprint density at radius 3 is 2.93 bits per heavy atom. The largest absolute Gasteiger partial charge is 0.307 e. The van der Waals surface area contributed by atoms with Gasteiger partial charge in [0.25, 0.3) is 0 Å². The van der Waals surface area contributed by atoms with E-state index in [1.165, 1.54) is 11.3 Å². The number of nitrogens with one attached hydrogen (secondary N) is 1. The molecule has 0 aliphatic rings. The first kappa shape index (κ1) is 9.58. The van der Waals surface area contributed by atoms with E-state index < -0.39 is 0 Å². The Kier molecular flexibility index (Phi) is 2.58. The second kappa shape index (κ2) is 4.04. The zero-order valence-corrected chi connectivity index (χ0v) is 8.45.